The molecular formula is C26H29ClN2O6. The monoisotopic (exact) mass is 500 g/mol. The molecule has 0 radical (unpaired) electrons. The topological polar surface area (TPSA) is 92.6 Å². The molecule has 2 heterocycles. The standard InChI is InChI=1S/C26H29ClN2O6/c1-33-19-6-3-5-17(15-19)23-22(24(30)18-7-8-21(34-2)20(27)16-18)25(31)26(32)29(23)10-4-9-28-11-13-35-14-12-28/h3,5-8,15-16,23,30H,4,9-14H2,1-2H3/b24-22+. The lowest BCUT2D eigenvalue weighted by molar-refractivity contribution is -0.908. The predicted molar refractivity (Wildman–Crippen MR) is 128 cm³/mol. The number of nitrogens with one attached hydrogen (secondary N) is 1. The van der Waals surface area contributed by atoms with E-state index in [0.29, 0.717) is 30.0 Å². The number of hydrogen-bond acceptors (Lipinski definition) is 6. The van der Waals surface area contributed by atoms with Gasteiger partial charge in [0, 0.05) is 18.5 Å². The number of methoxy groups -OCH3 is 2. The van der Waals surface area contributed by atoms with E-state index in [-0.39, 0.29) is 16.2 Å². The maximum Gasteiger partial charge on any atom is 0.295 e. The summed E-state index contributed by atoms with van der Waals surface area (Å²) in [4.78, 5) is 29.2. The Morgan fingerprint density at radius 2 is 1.91 bits per heavy atom. The number of morpholine rings is 1. The van der Waals surface area contributed by atoms with E-state index in [4.69, 9.17) is 25.8 Å². The van der Waals surface area contributed by atoms with Gasteiger partial charge in [0.2, 0.25) is 5.78 Å². The minimum absolute atomic E-state index is 0.0804. The number of carbonyl (C=O) groups excluding carboxylic acids is 2. The third-order valence-corrected chi connectivity index (χ3v) is 6.78. The number of likely N-dealkylation sites (tertiary alicyclic amines) is 1. The Labute approximate surface area is 209 Å². The lowest BCUT2D eigenvalue weighted by atomic mass is 9.95. The van der Waals surface area contributed by atoms with Crippen molar-refractivity contribution >= 4 is 29.1 Å². The number of halogens is 1. The van der Waals surface area contributed by atoms with E-state index in [1.165, 1.54) is 23.0 Å². The molecule has 2 aromatic rings. The number of benzene rings is 2. The fraction of sp³-hybridized carbons (Fsp3) is 0.385. The Morgan fingerprint density at radius 1 is 1.14 bits per heavy atom. The third kappa shape index (κ3) is 5.29. The number of carbonyl (C=O) groups is 2. The predicted octanol–water partition coefficient (Wildman–Crippen LogP) is 0.886. The molecule has 2 aliphatic rings. The minimum atomic E-state index is -0.807. The summed E-state index contributed by atoms with van der Waals surface area (Å²) >= 11 is 6.23. The van der Waals surface area contributed by atoms with Crippen molar-refractivity contribution in [2.24, 2.45) is 0 Å². The molecule has 2 fully saturated rings. The summed E-state index contributed by atoms with van der Waals surface area (Å²) < 4.78 is 15.9. The highest BCUT2D eigenvalue weighted by molar-refractivity contribution is 6.46. The Hall–Kier alpha value is -3.07. The van der Waals surface area contributed by atoms with Crippen LogP contribution < -0.4 is 19.5 Å². The quantitative estimate of drug-likeness (QED) is 0.329. The summed E-state index contributed by atoms with van der Waals surface area (Å²) in [5.74, 6) is -0.988. The van der Waals surface area contributed by atoms with E-state index in [9.17, 15) is 14.7 Å². The van der Waals surface area contributed by atoms with E-state index in [1.54, 1.807) is 43.5 Å². The molecule has 35 heavy (non-hydrogen) atoms. The van der Waals surface area contributed by atoms with Crippen LogP contribution in [0, 0.1) is 0 Å². The molecule has 0 bridgehead atoms. The van der Waals surface area contributed by atoms with Gasteiger partial charge in [0.1, 0.15) is 24.6 Å². The minimum Gasteiger partial charge on any atom is -0.872 e. The zero-order valence-corrected chi connectivity index (χ0v) is 20.6. The first-order valence-corrected chi connectivity index (χ1v) is 12.0. The summed E-state index contributed by atoms with van der Waals surface area (Å²) in [6.45, 7) is 4.49. The average Bonchev–Trinajstić information content (AvgIpc) is 3.14. The van der Waals surface area contributed by atoms with Gasteiger partial charge in [0.25, 0.3) is 5.91 Å². The first-order chi connectivity index (χ1) is 16.9. The van der Waals surface area contributed by atoms with Gasteiger partial charge >= 0.3 is 0 Å². The normalized spacial score (nSPS) is 20.3. The van der Waals surface area contributed by atoms with Crippen LogP contribution in [0.5, 0.6) is 11.5 Å². The highest BCUT2D eigenvalue weighted by atomic mass is 35.5. The third-order valence-electron chi connectivity index (χ3n) is 6.48. The van der Waals surface area contributed by atoms with Gasteiger partial charge in [-0.15, -0.1) is 0 Å². The van der Waals surface area contributed by atoms with Crippen LogP contribution in [0.1, 0.15) is 23.6 Å². The van der Waals surface area contributed by atoms with Crippen molar-refractivity contribution in [1.29, 1.82) is 0 Å². The van der Waals surface area contributed by atoms with Crippen LogP contribution in [0.15, 0.2) is 48.0 Å². The Kier molecular flexibility index (Phi) is 7.95. The number of hydrogen-bond donors (Lipinski definition) is 1. The Balaban J connectivity index is 1.70. The van der Waals surface area contributed by atoms with Gasteiger partial charge in [0.05, 0.1) is 45.0 Å². The highest BCUT2D eigenvalue weighted by Gasteiger charge is 2.44. The molecule has 2 aromatic carbocycles. The van der Waals surface area contributed by atoms with Gasteiger partial charge in [-0.05, 0) is 35.4 Å². The zero-order valence-electron chi connectivity index (χ0n) is 19.8. The van der Waals surface area contributed by atoms with Crippen molar-refractivity contribution in [1.82, 2.24) is 4.90 Å². The lowest BCUT2D eigenvalue weighted by Gasteiger charge is -2.29. The average molecular weight is 501 g/mol. The molecule has 2 aliphatic heterocycles. The molecule has 9 heteroatoms. The van der Waals surface area contributed by atoms with Gasteiger partial charge in [-0.25, -0.2) is 0 Å². The van der Waals surface area contributed by atoms with Crippen molar-refractivity contribution in [3.8, 4) is 11.5 Å². The van der Waals surface area contributed by atoms with Crippen molar-refractivity contribution in [3.05, 3.63) is 64.2 Å². The maximum absolute atomic E-state index is 13.6. The number of quaternary nitrogens is 1. The van der Waals surface area contributed by atoms with Gasteiger partial charge in [-0.3, -0.25) is 9.59 Å². The zero-order chi connectivity index (χ0) is 24.9. The second-order valence-electron chi connectivity index (χ2n) is 8.56. The summed E-state index contributed by atoms with van der Waals surface area (Å²) in [7, 11) is 3.02. The van der Waals surface area contributed by atoms with Crippen LogP contribution >= 0.6 is 11.6 Å². The highest BCUT2D eigenvalue weighted by Crippen LogP contribution is 2.40. The van der Waals surface area contributed by atoms with Crippen molar-refractivity contribution < 1.29 is 33.8 Å². The van der Waals surface area contributed by atoms with E-state index in [2.05, 4.69) is 0 Å². The molecule has 186 valence electrons. The Bertz CT molecular complexity index is 1130. The summed E-state index contributed by atoms with van der Waals surface area (Å²) in [6, 6.07) is 10.9. The second kappa shape index (κ2) is 11.1. The Morgan fingerprint density at radius 3 is 2.60 bits per heavy atom. The molecule has 1 N–H and O–H groups in total. The van der Waals surface area contributed by atoms with Crippen molar-refractivity contribution in [3.63, 3.8) is 0 Å². The van der Waals surface area contributed by atoms with E-state index < -0.39 is 23.5 Å². The first kappa shape index (κ1) is 25.0. The molecule has 0 aliphatic carbocycles. The maximum atomic E-state index is 13.6. The molecule has 2 saturated heterocycles. The number of rotatable bonds is 8. The SMILES string of the molecule is COc1cccc(C2/C(=C(\[O-])c3ccc(OC)c(Cl)c3)C(=O)C(=O)N2CCC[NH+]2CCOCC2)c1. The molecule has 8 nitrogen and oxygen atoms in total. The summed E-state index contributed by atoms with van der Waals surface area (Å²) in [5, 5.41) is 13.8. The van der Waals surface area contributed by atoms with Crippen LogP contribution in [-0.4, -0.2) is 70.2 Å². The fourth-order valence-electron chi connectivity index (χ4n) is 4.63. The number of ketones is 1. The second-order valence-corrected chi connectivity index (χ2v) is 8.97. The lowest BCUT2D eigenvalue weighted by Crippen LogP contribution is -3.14. The number of nitrogens with zero attached hydrogens (tertiary/aromatic N) is 1. The molecule has 1 amide bonds. The fourth-order valence-corrected chi connectivity index (χ4v) is 4.89. The van der Waals surface area contributed by atoms with E-state index in [0.717, 1.165) is 32.8 Å². The van der Waals surface area contributed by atoms with E-state index in [1.807, 2.05) is 0 Å². The molecule has 1 atom stereocenters. The van der Waals surface area contributed by atoms with Crippen LogP contribution in [0.2, 0.25) is 5.02 Å². The van der Waals surface area contributed by atoms with Crippen LogP contribution in [0.3, 0.4) is 0 Å². The number of amides is 1. The molecule has 0 saturated carbocycles. The van der Waals surface area contributed by atoms with Crippen LogP contribution in [-0.2, 0) is 14.3 Å². The number of Topliss-reactive ketones (excluding diaryl/α,β-unsaturated/α-hetero) is 1. The van der Waals surface area contributed by atoms with Crippen molar-refractivity contribution in [2.45, 2.75) is 12.5 Å². The molecule has 0 aromatic heterocycles. The first-order valence-electron chi connectivity index (χ1n) is 11.6. The van der Waals surface area contributed by atoms with Crippen LogP contribution in [0.4, 0.5) is 0 Å². The number of ether oxygens (including phenoxy) is 3. The van der Waals surface area contributed by atoms with Gasteiger partial charge in [-0.1, -0.05) is 35.6 Å². The van der Waals surface area contributed by atoms with Gasteiger partial charge in [0.15, 0.2) is 0 Å². The van der Waals surface area contributed by atoms with Crippen LogP contribution in [0.25, 0.3) is 5.76 Å². The smallest absolute Gasteiger partial charge is 0.295 e. The van der Waals surface area contributed by atoms with Gasteiger partial charge in [-0.2, -0.15) is 0 Å². The molecule has 1 unspecified atom stereocenters. The molecule has 4 rings (SSSR count). The largest absolute Gasteiger partial charge is 0.872 e. The molecule has 0 spiro atoms. The van der Waals surface area contributed by atoms with E-state index >= 15 is 0 Å². The summed E-state index contributed by atoms with van der Waals surface area (Å²) in [6.07, 6.45) is 0.699. The molecular weight excluding hydrogens is 472 g/mol. The summed E-state index contributed by atoms with van der Waals surface area (Å²) in [5.41, 5.74) is 0.785. The van der Waals surface area contributed by atoms with Gasteiger partial charge < -0.3 is 29.1 Å². The van der Waals surface area contributed by atoms with Crippen molar-refractivity contribution in [2.75, 3.05) is 53.6 Å².